The number of rotatable bonds is 10. The lowest BCUT2D eigenvalue weighted by Gasteiger charge is -2.34. The molecular weight excluding hydrogens is 568 g/mol. The number of hydrogen-bond donors (Lipinski definition) is 1. The Bertz CT molecular complexity index is 1840. The first-order chi connectivity index (χ1) is 21.8. The maximum Gasteiger partial charge on any atom is 0.272 e. The first kappa shape index (κ1) is 30.6. The largest absolute Gasteiger partial charge is 0.496 e. The molecule has 0 unspecified atom stereocenters. The second-order valence-electron chi connectivity index (χ2n) is 11.9. The molecule has 2 aromatic carbocycles. The lowest BCUT2D eigenvalue weighted by Crippen LogP contribution is -2.37. The van der Waals surface area contributed by atoms with E-state index in [1.165, 1.54) is 0 Å². The number of ether oxygens (including phenoxy) is 3. The molecule has 6 rings (SSSR count). The van der Waals surface area contributed by atoms with Crippen molar-refractivity contribution in [2.24, 2.45) is 7.05 Å². The molecule has 236 valence electrons. The Morgan fingerprint density at radius 3 is 2.56 bits per heavy atom. The summed E-state index contributed by atoms with van der Waals surface area (Å²) in [5.74, 6) is 2.48. The van der Waals surface area contributed by atoms with Gasteiger partial charge in [-0.05, 0) is 70.0 Å². The molecule has 0 aliphatic heterocycles. The molecular formula is C35H42N6O4. The first-order valence-corrected chi connectivity index (χ1v) is 15.5. The fourth-order valence-corrected chi connectivity index (χ4v) is 6.76. The highest BCUT2D eigenvalue weighted by atomic mass is 16.5. The number of aryl methyl sites for hydroxylation is 2. The molecule has 3 heterocycles. The van der Waals surface area contributed by atoms with E-state index in [0.29, 0.717) is 29.1 Å². The molecule has 1 fully saturated rings. The van der Waals surface area contributed by atoms with Gasteiger partial charge in [0.2, 0.25) is 0 Å². The molecule has 0 spiro atoms. The molecule has 10 nitrogen and oxygen atoms in total. The smallest absolute Gasteiger partial charge is 0.272 e. The number of fused-ring (bicyclic) bond motifs is 2. The van der Waals surface area contributed by atoms with Gasteiger partial charge in [-0.25, -0.2) is 4.98 Å². The lowest BCUT2D eigenvalue weighted by molar-refractivity contribution is 0.101. The van der Waals surface area contributed by atoms with Gasteiger partial charge in [-0.15, -0.1) is 0 Å². The Morgan fingerprint density at radius 1 is 1.04 bits per heavy atom. The summed E-state index contributed by atoms with van der Waals surface area (Å²) < 4.78 is 20.7. The number of aromatic nitrogens is 4. The van der Waals surface area contributed by atoms with Gasteiger partial charge in [0.05, 0.1) is 48.9 Å². The molecule has 1 aliphatic rings. The van der Waals surface area contributed by atoms with Crippen LogP contribution in [0.15, 0.2) is 54.9 Å². The molecule has 0 radical (unpaired) electrons. The summed E-state index contributed by atoms with van der Waals surface area (Å²) >= 11 is 0. The second kappa shape index (κ2) is 12.9. The fraction of sp³-hybridized carbons (Fsp3) is 0.400. The van der Waals surface area contributed by atoms with E-state index in [9.17, 15) is 4.79 Å². The molecule has 0 bridgehead atoms. The standard InChI is InChI=1S/C35H42N6O4/c1-22-33-32(38-34(41(33)17-16-36-22)23-10-13-25(14-11-23)39(2)18-19-43-4)24-12-15-27(31(20-24)45-6)37-35(42)29-21-26-28(40(29)3)8-7-9-30(26)44-5/h7-9,12,15-17,20-21,23,25H,10-11,13-14,18-19H2,1-6H3,(H,37,42). The van der Waals surface area contributed by atoms with Crippen LogP contribution in [0.1, 0.15) is 53.6 Å². The molecule has 0 saturated heterocycles. The Kier molecular flexibility index (Phi) is 8.78. The zero-order chi connectivity index (χ0) is 31.7. The number of methoxy groups -OCH3 is 3. The van der Waals surface area contributed by atoms with Crippen molar-refractivity contribution < 1.29 is 19.0 Å². The molecule has 10 heteroatoms. The zero-order valence-corrected chi connectivity index (χ0v) is 27.0. The SMILES string of the molecule is COCCN(C)C1CCC(c2nc(-c3ccc(NC(=O)c4cc5c(OC)cccc5n4C)c(OC)c3)c3c(C)nccn23)CC1. The Balaban J connectivity index is 1.28. The van der Waals surface area contributed by atoms with Crippen molar-refractivity contribution in [1.82, 2.24) is 23.8 Å². The molecule has 1 saturated carbocycles. The summed E-state index contributed by atoms with van der Waals surface area (Å²) in [6, 6.07) is 14.0. The van der Waals surface area contributed by atoms with Crippen LogP contribution in [0.3, 0.4) is 0 Å². The molecule has 3 aromatic heterocycles. The number of nitrogens with one attached hydrogen (secondary N) is 1. The van der Waals surface area contributed by atoms with Crippen LogP contribution >= 0.6 is 0 Å². The van der Waals surface area contributed by atoms with E-state index in [2.05, 4.69) is 26.6 Å². The first-order valence-electron chi connectivity index (χ1n) is 15.5. The monoisotopic (exact) mass is 610 g/mol. The summed E-state index contributed by atoms with van der Waals surface area (Å²) in [5, 5.41) is 3.93. The molecule has 1 aliphatic carbocycles. The Morgan fingerprint density at radius 2 is 1.82 bits per heavy atom. The van der Waals surface area contributed by atoms with Crippen molar-refractivity contribution in [3.8, 4) is 22.8 Å². The fourth-order valence-electron chi connectivity index (χ4n) is 6.76. The van der Waals surface area contributed by atoms with Crippen molar-refractivity contribution in [2.45, 2.75) is 44.6 Å². The van der Waals surface area contributed by atoms with E-state index in [0.717, 1.165) is 83.8 Å². The number of nitrogens with zero attached hydrogens (tertiary/aromatic N) is 5. The average molecular weight is 611 g/mol. The highest BCUT2D eigenvalue weighted by Crippen LogP contribution is 2.39. The predicted octanol–water partition coefficient (Wildman–Crippen LogP) is 6.07. The number of amides is 1. The van der Waals surface area contributed by atoms with E-state index < -0.39 is 0 Å². The van der Waals surface area contributed by atoms with Crippen LogP contribution in [0.4, 0.5) is 5.69 Å². The highest BCUT2D eigenvalue weighted by Gasteiger charge is 2.29. The quantitative estimate of drug-likeness (QED) is 0.205. The van der Waals surface area contributed by atoms with Gasteiger partial charge in [-0.1, -0.05) is 12.1 Å². The van der Waals surface area contributed by atoms with Crippen molar-refractivity contribution >= 4 is 28.0 Å². The number of hydrogen-bond acceptors (Lipinski definition) is 7. The van der Waals surface area contributed by atoms with Gasteiger partial charge in [-0.3, -0.25) is 14.2 Å². The van der Waals surface area contributed by atoms with Gasteiger partial charge >= 0.3 is 0 Å². The van der Waals surface area contributed by atoms with Gasteiger partial charge in [-0.2, -0.15) is 0 Å². The minimum atomic E-state index is -0.236. The van der Waals surface area contributed by atoms with Crippen LogP contribution < -0.4 is 14.8 Å². The van der Waals surface area contributed by atoms with E-state index in [1.807, 2.05) is 73.4 Å². The maximum absolute atomic E-state index is 13.5. The van der Waals surface area contributed by atoms with Crippen LogP contribution in [0.5, 0.6) is 11.5 Å². The molecule has 45 heavy (non-hydrogen) atoms. The van der Waals surface area contributed by atoms with Crippen LogP contribution in [-0.2, 0) is 11.8 Å². The topological polar surface area (TPSA) is 95.2 Å². The number of carbonyl (C=O) groups is 1. The lowest BCUT2D eigenvalue weighted by atomic mass is 9.85. The van der Waals surface area contributed by atoms with E-state index in [4.69, 9.17) is 19.2 Å². The van der Waals surface area contributed by atoms with Gasteiger partial charge < -0.3 is 29.0 Å². The summed E-state index contributed by atoms with van der Waals surface area (Å²) in [5.41, 5.74) is 5.71. The summed E-state index contributed by atoms with van der Waals surface area (Å²) in [4.78, 5) is 25.8. The van der Waals surface area contributed by atoms with Crippen molar-refractivity contribution in [3.63, 3.8) is 0 Å². The third kappa shape index (κ3) is 5.76. The van der Waals surface area contributed by atoms with Crippen molar-refractivity contribution in [3.05, 3.63) is 72.1 Å². The number of likely N-dealkylation sites (N-methyl/N-ethyl adjacent to an activating group) is 1. The van der Waals surface area contributed by atoms with Crippen molar-refractivity contribution in [2.75, 3.05) is 46.8 Å². The maximum atomic E-state index is 13.5. The van der Waals surface area contributed by atoms with E-state index in [-0.39, 0.29) is 5.91 Å². The number of anilines is 1. The van der Waals surface area contributed by atoms with Crippen LogP contribution in [0.25, 0.3) is 27.7 Å². The number of imidazole rings is 1. The Hall–Kier alpha value is -4.41. The summed E-state index contributed by atoms with van der Waals surface area (Å²) in [6.45, 7) is 3.72. The molecule has 0 atom stereocenters. The Labute approximate surface area is 263 Å². The summed E-state index contributed by atoms with van der Waals surface area (Å²) in [7, 11) is 9.07. The molecule has 5 aromatic rings. The molecule has 1 N–H and O–H groups in total. The van der Waals surface area contributed by atoms with Crippen LogP contribution in [0.2, 0.25) is 0 Å². The number of carbonyl (C=O) groups excluding carboxylic acids is 1. The third-order valence-electron chi connectivity index (χ3n) is 9.32. The zero-order valence-electron chi connectivity index (χ0n) is 27.0. The highest BCUT2D eigenvalue weighted by molar-refractivity contribution is 6.08. The van der Waals surface area contributed by atoms with Crippen LogP contribution in [-0.4, -0.2) is 77.3 Å². The third-order valence-corrected chi connectivity index (χ3v) is 9.32. The van der Waals surface area contributed by atoms with Gasteiger partial charge in [0.15, 0.2) is 0 Å². The summed E-state index contributed by atoms with van der Waals surface area (Å²) in [6.07, 6.45) is 8.29. The van der Waals surface area contributed by atoms with E-state index in [1.54, 1.807) is 21.3 Å². The predicted molar refractivity (Wildman–Crippen MR) is 177 cm³/mol. The number of benzene rings is 2. The van der Waals surface area contributed by atoms with Gasteiger partial charge in [0, 0.05) is 56.0 Å². The minimum Gasteiger partial charge on any atom is -0.496 e. The van der Waals surface area contributed by atoms with Crippen LogP contribution in [0, 0.1) is 6.92 Å². The van der Waals surface area contributed by atoms with E-state index >= 15 is 0 Å². The average Bonchev–Trinajstić information content (AvgIpc) is 3.63. The van der Waals surface area contributed by atoms with Crippen molar-refractivity contribution in [1.29, 1.82) is 0 Å². The second-order valence-corrected chi connectivity index (χ2v) is 11.9. The molecule has 1 amide bonds. The van der Waals surface area contributed by atoms with Gasteiger partial charge in [0.1, 0.15) is 23.0 Å². The minimum absolute atomic E-state index is 0.236. The van der Waals surface area contributed by atoms with Gasteiger partial charge in [0.25, 0.3) is 5.91 Å². The normalized spacial score (nSPS) is 16.9.